The van der Waals surface area contributed by atoms with Crippen LogP contribution in [0.25, 0.3) is 0 Å². The molecule has 0 radical (unpaired) electrons. The number of anilines is 1. The van der Waals surface area contributed by atoms with Crippen LogP contribution >= 0.6 is 0 Å². The summed E-state index contributed by atoms with van der Waals surface area (Å²) in [6.45, 7) is 7.00. The van der Waals surface area contributed by atoms with Crippen LogP contribution < -0.4 is 19.7 Å². The highest BCUT2D eigenvalue weighted by atomic mass is 16.5. The van der Waals surface area contributed by atoms with Gasteiger partial charge in [-0.15, -0.1) is 0 Å². The first kappa shape index (κ1) is 19.6. The number of methoxy groups -OCH3 is 1. The maximum atomic E-state index is 13.1. The normalized spacial score (nSPS) is 20.4. The second-order valence-electron chi connectivity index (χ2n) is 8.12. The minimum absolute atomic E-state index is 0.0975. The lowest BCUT2D eigenvalue weighted by Gasteiger charge is -2.38. The van der Waals surface area contributed by atoms with Gasteiger partial charge in [-0.2, -0.15) is 0 Å². The molecule has 0 unspecified atom stereocenters. The quantitative estimate of drug-likeness (QED) is 0.856. The number of fused-ring (bicyclic) bond motifs is 1. The van der Waals surface area contributed by atoms with E-state index in [4.69, 9.17) is 14.2 Å². The van der Waals surface area contributed by atoms with Crippen molar-refractivity contribution in [2.24, 2.45) is 0 Å². The molecular formula is C23H28N2O4. The largest absolute Gasteiger partial charge is 0.495 e. The highest BCUT2D eigenvalue weighted by Crippen LogP contribution is 2.39. The average Bonchev–Trinajstić information content (AvgIpc) is 2.73. The molecule has 1 atom stereocenters. The van der Waals surface area contributed by atoms with Crippen molar-refractivity contribution in [2.45, 2.75) is 31.9 Å². The molecule has 2 heterocycles. The third kappa shape index (κ3) is 4.17. The van der Waals surface area contributed by atoms with Crippen LogP contribution in [0, 0.1) is 0 Å². The van der Waals surface area contributed by atoms with Crippen molar-refractivity contribution in [3.05, 3.63) is 53.6 Å². The zero-order chi connectivity index (χ0) is 20.4. The molecule has 1 fully saturated rings. The van der Waals surface area contributed by atoms with Crippen molar-refractivity contribution in [1.82, 2.24) is 5.32 Å². The van der Waals surface area contributed by atoms with Crippen molar-refractivity contribution in [1.29, 1.82) is 0 Å². The number of para-hydroxylation sites is 1. The van der Waals surface area contributed by atoms with E-state index < -0.39 is 0 Å². The van der Waals surface area contributed by atoms with Gasteiger partial charge in [0.25, 0.3) is 5.91 Å². The molecule has 6 heteroatoms. The SMILES string of the molecule is COc1ccc(C(=O)N[C@@H]2CC(C)(C)Oc3ccccc32)cc1N1CCOCC1. The fourth-order valence-corrected chi connectivity index (χ4v) is 4.06. The molecule has 2 aromatic rings. The molecule has 6 nitrogen and oxygen atoms in total. The molecule has 2 aliphatic heterocycles. The molecule has 1 saturated heterocycles. The highest BCUT2D eigenvalue weighted by Gasteiger charge is 2.34. The number of rotatable bonds is 4. The molecule has 1 amide bonds. The van der Waals surface area contributed by atoms with Crippen molar-refractivity contribution in [2.75, 3.05) is 38.3 Å². The maximum absolute atomic E-state index is 13.1. The number of ether oxygens (including phenoxy) is 3. The molecule has 0 aromatic heterocycles. The van der Waals surface area contributed by atoms with Crippen LogP contribution in [-0.2, 0) is 4.74 Å². The van der Waals surface area contributed by atoms with Gasteiger partial charge in [-0.3, -0.25) is 4.79 Å². The number of carbonyl (C=O) groups is 1. The zero-order valence-corrected chi connectivity index (χ0v) is 17.2. The van der Waals surface area contributed by atoms with Gasteiger partial charge >= 0.3 is 0 Å². The fourth-order valence-electron chi connectivity index (χ4n) is 4.06. The minimum atomic E-state index is -0.342. The molecule has 2 aromatic carbocycles. The predicted octanol–water partition coefficient (Wildman–Crippen LogP) is 3.56. The van der Waals surface area contributed by atoms with Crippen LogP contribution in [0.1, 0.15) is 42.2 Å². The first-order valence-electron chi connectivity index (χ1n) is 10.1. The first-order chi connectivity index (χ1) is 14.0. The summed E-state index contributed by atoms with van der Waals surface area (Å²) >= 11 is 0. The summed E-state index contributed by atoms with van der Waals surface area (Å²) in [5, 5.41) is 3.21. The van der Waals surface area contributed by atoms with E-state index in [0.717, 1.165) is 35.8 Å². The summed E-state index contributed by atoms with van der Waals surface area (Å²) in [7, 11) is 1.65. The summed E-state index contributed by atoms with van der Waals surface area (Å²) in [6.07, 6.45) is 0.711. The standard InChI is InChI=1S/C23H28N2O4/c1-23(2)15-18(17-6-4-5-7-20(17)29-23)24-22(26)16-8-9-21(27-3)19(14-16)25-10-12-28-13-11-25/h4-9,14,18H,10-13,15H2,1-3H3,(H,24,26)/t18-/m1/s1. The Morgan fingerprint density at radius 2 is 1.93 bits per heavy atom. The Morgan fingerprint density at radius 3 is 2.69 bits per heavy atom. The molecule has 0 spiro atoms. The van der Waals surface area contributed by atoms with Crippen molar-refractivity contribution in [3.8, 4) is 11.5 Å². The van der Waals surface area contributed by atoms with Crippen molar-refractivity contribution >= 4 is 11.6 Å². The van der Waals surface area contributed by atoms with Gasteiger partial charge in [-0.25, -0.2) is 0 Å². The molecule has 1 N–H and O–H groups in total. The van der Waals surface area contributed by atoms with Gasteiger partial charge in [0.05, 0.1) is 32.1 Å². The van der Waals surface area contributed by atoms with Gasteiger partial charge in [0.1, 0.15) is 17.1 Å². The Morgan fingerprint density at radius 1 is 1.17 bits per heavy atom. The van der Waals surface area contributed by atoms with E-state index in [0.29, 0.717) is 25.2 Å². The van der Waals surface area contributed by atoms with Gasteiger partial charge in [-0.05, 0) is 38.1 Å². The molecular weight excluding hydrogens is 368 g/mol. The van der Waals surface area contributed by atoms with Crippen LogP contribution in [-0.4, -0.2) is 44.9 Å². The first-order valence-corrected chi connectivity index (χ1v) is 10.1. The zero-order valence-electron chi connectivity index (χ0n) is 17.2. The van der Waals surface area contributed by atoms with Crippen molar-refractivity contribution in [3.63, 3.8) is 0 Å². The number of nitrogens with zero attached hydrogens (tertiary/aromatic N) is 1. The van der Waals surface area contributed by atoms with Crippen LogP contribution in [0.3, 0.4) is 0 Å². The summed E-state index contributed by atoms with van der Waals surface area (Å²) < 4.78 is 17.1. The number of morpholine rings is 1. The van der Waals surface area contributed by atoms with E-state index in [9.17, 15) is 4.79 Å². The average molecular weight is 396 g/mol. The highest BCUT2D eigenvalue weighted by molar-refractivity contribution is 5.96. The Hall–Kier alpha value is -2.73. The Bertz CT molecular complexity index is 890. The van der Waals surface area contributed by atoms with E-state index in [1.165, 1.54) is 0 Å². The van der Waals surface area contributed by atoms with Crippen LogP contribution in [0.5, 0.6) is 11.5 Å². The lowest BCUT2D eigenvalue weighted by atomic mass is 9.89. The van der Waals surface area contributed by atoms with E-state index in [1.807, 2.05) is 56.3 Å². The Labute approximate surface area is 171 Å². The molecule has 0 aliphatic carbocycles. The Balaban J connectivity index is 1.59. The molecule has 29 heavy (non-hydrogen) atoms. The number of carbonyl (C=O) groups excluding carboxylic acids is 1. The molecule has 154 valence electrons. The summed E-state index contributed by atoms with van der Waals surface area (Å²) in [5.74, 6) is 1.50. The third-order valence-corrected chi connectivity index (χ3v) is 5.47. The van der Waals surface area contributed by atoms with Crippen LogP contribution in [0.2, 0.25) is 0 Å². The molecule has 0 saturated carbocycles. The van der Waals surface area contributed by atoms with E-state index in [-0.39, 0.29) is 17.6 Å². The number of amides is 1. The molecule has 0 bridgehead atoms. The minimum Gasteiger partial charge on any atom is -0.495 e. The maximum Gasteiger partial charge on any atom is 0.251 e. The summed E-state index contributed by atoms with van der Waals surface area (Å²) in [4.78, 5) is 15.3. The number of hydrogen-bond donors (Lipinski definition) is 1. The van der Waals surface area contributed by atoms with Gasteiger partial charge in [-0.1, -0.05) is 18.2 Å². The smallest absolute Gasteiger partial charge is 0.251 e. The lowest BCUT2D eigenvalue weighted by Crippen LogP contribution is -2.41. The van der Waals surface area contributed by atoms with E-state index >= 15 is 0 Å². The van der Waals surface area contributed by atoms with Crippen LogP contribution in [0.4, 0.5) is 5.69 Å². The topological polar surface area (TPSA) is 60.0 Å². The number of nitrogens with one attached hydrogen (secondary N) is 1. The fraction of sp³-hybridized carbons (Fsp3) is 0.435. The van der Waals surface area contributed by atoms with Gasteiger partial charge in [0.2, 0.25) is 0 Å². The van der Waals surface area contributed by atoms with Gasteiger partial charge in [0.15, 0.2) is 0 Å². The monoisotopic (exact) mass is 396 g/mol. The Kier molecular flexibility index (Phi) is 5.37. The predicted molar refractivity (Wildman–Crippen MR) is 112 cm³/mol. The van der Waals surface area contributed by atoms with E-state index in [1.54, 1.807) is 7.11 Å². The second-order valence-corrected chi connectivity index (χ2v) is 8.12. The lowest BCUT2D eigenvalue weighted by molar-refractivity contribution is 0.0619. The van der Waals surface area contributed by atoms with E-state index in [2.05, 4.69) is 10.2 Å². The number of benzene rings is 2. The second kappa shape index (κ2) is 7.95. The summed E-state index contributed by atoms with van der Waals surface area (Å²) in [5.41, 5.74) is 2.22. The van der Waals surface area contributed by atoms with Gasteiger partial charge in [0, 0.05) is 30.6 Å². The van der Waals surface area contributed by atoms with Crippen LogP contribution in [0.15, 0.2) is 42.5 Å². The number of hydrogen-bond acceptors (Lipinski definition) is 5. The molecule has 2 aliphatic rings. The third-order valence-electron chi connectivity index (χ3n) is 5.47. The summed E-state index contributed by atoms with van der Waals surface area (Å²) in [6, 6.07) is 13.4. The van der Waals surface area contributed by atoms with Crippen molar-refractivity contribution < 1.29 is 19.0 Å². The van der Waals surface area contributed by atoms with Gasteiger partial charge < -0.3 is 24.4 Å². The molecule has 4 rings (SSSR count).